The first-order chi connectivity index (χ1) is 8.31. The van der Waals surface area contributed by atoms with Crippen molar-refractivity contribution < 1.29 is 5.11 Å². The Morgan fingerprint density at radius 3 is 2.61 bits per heavy atom. The highest BCUT2D eigenvalue weighted by Gasteiger charge is 2.16. The van der Waals surface area contributed by atoms with Gasteiger partial charge < -0.3 is 10.4 Å². The van der Waals surface area contributed by atoms with Gasteiger partial charge in [-0.15, -0.1) is 0 Å². The van der Waals surface area contributed by atoms with Crippen molar-refractivity contribution in [3.05, 3.63) is 29.3 Å². The summed E-state index contributed by atoms with van der Waals surface area (Å²) in [5, 5.41) is 22.1. The first-order valence-electron chi connectivity index (χ1n) is 6.24. The maximum atomic E-state index is 9.92. The van der Waals surface area contributed by atoms with Gasteiger partial charge in [-0.1, -0.05) is 26.8 Å². The van der Waals surface area contributed by atoms with Crippen molar-refractivity contribution in [3.63, 3.8) is 0 Å². The number of nitrogens with one attached hydrogen (secondary N) is 1. The van der Waals surface area contributed by atoms with Crippen LogP contribution in [0.5, 0.6) is 0 Å². The monoisotopic (exact) mass is 246 g/mol. The van der Waals surface area contributed by atoms with Gasteiger partial charge >= 0.3 is 0 Å². The summed E-state index contributed by atoms with van der Waals surface area (Å²) >= 11 is 0. The van der Waals surface area contributed by atoms with E-state index in [1.807, 2.05) is 25.1 Å². The number of aryl methyl sites for hydroxylation is 1. The summed E-state index contributed by atoms with van der Waals surface area (Å²) in [4.78, 5) is 0. The number of aliphatic hydroxyl groups excluding tert-OH is 1. The second kappa shape index (κ2) is 5.88. The number of nitrogens with zero attached hydrogens (tertiary/aromatic N) is 1. The minimum absolute atomic E-state index is 0.104. The lowest BCUT2D eigenvalue weighted by Gasteiger charge is -2.23. The van der Waals surface area contributed by atoms with Crippen molar-refractivity contribution in [3.8, 4) is 6.07 Å². The summed E-state index contributed by atoms with van der Waals surface area (Å²) in [6.07, 6.45) is 0.325. The molecule has 0 saturated carbocycles. The van der Waals surface area contributed by atoms with Gasteiger partial charge in [0.2, 0.25) is 0 Å². The molecule has 0 radical (unpaired) electrons. The number of aliphatic hydroxyl groups is 1. The van der Waals surface area contributed by atoms with E-state index in [4.69, 9.17) is 5.26 Å². The van der Waals surface area contributed by atoms with Gasteiger partial charge in [0.1, 0.15) is 6.07 Å². The van der Waals surface area contributed by atoms with Gasteiger partial charge in [0.05, 0.1) is 17.4 Å². The molecular weight excluding hydrogens is 224 g/mol. The van der Waals surface area contributed by atoms with E-state index in [-0.39, 0.29) is 5.41 Å². The molecule has 0 aliphatic rings. The summed E-state index contributed by atoms with van der Waals surface area (Å²) in [5.74, 6) is 0. The van der Waals surface area contributed by atoms with Crippen LogP contribution in [-0.2, 0) is 0 Å². The van der Waals surface area contributed by atoms with E-state index in [1.165, 1.54) is 0 Å². The number of benzene rings is 1. The van der Waals surface area contributed by atoms with Gasteiger partial charge in [-0.2, -0.15) is 5.26 Å². The maximum absolute atomic E-state index is 9.92. The van der Waals surface area contributed by atoms with Crippen LogP contribution in [0.2, 0.25) is 0 Å². The van der Waals surface area contributed by atoms with Gasteiger partial charge in [0, 0.05) is 6.54 Å². The molecule has 1 atom stereocenters. The SMILES string of the molecule is Cc1ccc(NCC(O)CC(C)(C)C)c(C#N)c1. The van der Waals surface area contributed by atoms with Crippen LogP contribution in [0.25, 0.3) is 0 Å². The molecule has 1 aromatic rings. The maximum Gasteiger partial charge on any atom is 0.101 e. The lowest BCUT2D eigenvalue weighted by Crippen LogP contribution is -2.25. The Bertz CT molecular complexity index is 441. The Morgan fingerprint density at radius 2 is 2.06 bits per heavy atom. The van der Waals surface area contributed by atoms with Crippen LogP contribution >= 0.6 is 0 Å². The molecular formula is C15H22N2O. The first kappa shape index (κ1) is 14.5. The molecule has 0 spiro atoms. The zero-order chi connectivity index (χ0) is 13.8. The van der Waals surface area contributed by atoms with Crippen molar-refractivity contribution >= 4 is 5.69 Å². The molecule has 0 aliphatic carbocycles. The van der Waals surface area contributed by atoms with Gasteiger partial charge in [-0.05, 0) is 36.5 Å². The highest BCUT2D eigenvalue weighted by atomic mass is 16.3. The Labute approximate surface area is 109 Å². The molecule has 0 aliphatic heterocycles. The summed E-state index contributed by atoms with van der Waals surface area (Å²) in [7, 11) is 0. The number of hydrogen-bond donors (Lipinski definition) is 2. The van der Waals surface area contributed by atoms with Crippen molar-refractivity contribution in [2.75, 3.05) is 11.9 Å². The lowest BCUT2D eigenvalue weighted by molar-refractivity contribution is 0.132. The van der Waals surface area contributed by atoms with E-state index in [0.29, 0.717) is 12.1 Å². The molecule has 1 rings (SSSR count). The van der Waals surface area contributed by atoms with Gasteiger partial charge in [0.25, 0.3) is 0 Å². The molecule has 0 saturated heterocycles. The van der Waals surface area contributed by atoms with Gasteiger partial charge in [-0.25, -0.2) is 0 Å². The second-order valence-electron chi connectivity index (χ2n) is 5.96. The molecule has 2 N–H and O–H groups in total. The third kappa shape index (κ3) is 4.77. The molecule has 3 nitrogen and oxygen atoms in total. The highest BCUT2D eigenvalue weighted by molar-refractivity contribution is 5.58. The quantitative estimate of drug-likeness (QED) is 0.858. The fraction of sp³-hybridized carbons (Fsp3) is 0.533. The first-order valence-corrected chi connectivity index (χ1v) is 6.24. The smallest absolute Gasteiger partial charge is 0.101 e. The fourth-order valence-electron chi connectivity index (χ4n) is 1.91. The summed E-state index contributed by atoms with van der Waals surface area (Å²) < 4.78 is 0. The number of rotatable bonds is 4. The summed E-state index contributed by atoms with van der Waals surface area (Å²) in [5.41, 5.74) is 2.58. The molecule has 0 aromatic heterocycles. The van der Waals surface area contributed by atoms with E-state index in [9.17, 15) is 5.11 Å². The van der Waals surface area contributed by atoms with Crippen molar-refractivity contribution in [1.29, 1.82) is 5.26 Å². The third-order valence-electron chi connectivity index (χ3n) is 2.67. The van der Waals surface area contributed by atoms with Crippen molar-refractivity contribution in [2.45, 2.75) is 40.2 Å². The van der Waals surface area contributed by atoms with Gasteiger partial charge in [-0.3, -0.25) is 0 Å². The number of hydrogen-bond acceptors (Lipinski definition) is 3. The van der Waals surface area contributed by atoms with E-state index in [0.717, 1.165) is 17.7 Å². The van der Waals surface area contributed by atoms with E-state index >= 15 is 0 Å². The Hall–Kier alpha value is -1.53. The lowest BCUT2D eigenvalue weighted by atomic mass is 9.89. The van der Waals surface area contributed by atoms with Crippen LogP contribution in [0.15, 0.2) is 18.2 Å². The highest BCUT2D eigenvalue weighted by Crippen LogP contribution is 2.22. The number of anilines is 1. The summed E-state index contributed by atoms with van der Waals surface area (Å²) in [6, 6.07) is 7.85. The predicted molar refractivity (Wildman–Crippen MR) is 74.5 cm³/mol. The minimum atomic E-state index is -0.405. The Morgan fingerprint density at radius 1 is 1.39 bits per heavy atom. The van der Waals surface area contributed by atoms with Gasteiger partial charge in [0.15, 0.2) is 0 Å². The Kier molecular flexibility index (Phi) is 4.75. The molecule has 0 heterocycles. The standard InChI is InChI=1S/C15H22N2O/c1-11-5-6-14(12(7-11)9-16)17-10-13(18)8-15(2,3)4/h5-7,13,17-18H,8,10H2,1-4H3. The molecule has 0 amide bonds. The molecule has 3 heteroatoms. The molecule has 1 unspecified atom stereocenters. The second-order valence-corrected chi connectivity index (χ2v) is 5.96. The molecule has 1 aromatic carbocycles. The van der Waals surface area contributed by atoms with Crippen LogP contribution in [0.4, 0.5) is 5.69 Å². The molecule has 18 heavy (non-hydrogen) atoms. The Balaban J connectivity index is 2.62. The number of nitriles is 1. The average molecular weight is 246 g/mol. The molecule has 98 valence electrons. The average Bonchev–Trinajstić information content (AvgIpc) is 2.24. The van der Waals surface area contributed by atoms with Crippen LogP contribution in [0.1, 0.15) is 38.3 Å². The van der Waals surface area contributed by atoms with E-state index in [2.05, 4.69) is 32.2 Å². The molecule has 0 bridgehead atoms. The van der Waals surface area contributed by atoms with Crippen LogP contribution in [0, 0.1) is 23.7 Å². The summed E-state index contributed by atoms with van der Waals surface area (Å²) in [6.45, 7) is 8.72. The van der Waals surface area contributed by atoms with E-state index in [1.54, 1.807) is 0 Å². The third-order valence-corrected chi connectivity index (χ3v) is 2.67. The molecule has 0 fully saturated rings. The van der Waals surface area contributed by atoms with Crippen LogP contribution in [0.3, 0.4) is 0 Å². The zero-order valence-electron chi connectivity index (χ0n) is 11.6. The van der Waals surface area contributed by atoms with Crippen molar-refractivity contribution in [1.82, 2.24) is 0 Å². The topological polar surface area (TPSA) is 56.0 Å². The van der Waals surface area contributed by atoms with Crippen LogP contribution in [-0.4, -0.2) is 17.8 Å². The van der Waals surface area contributed by atoms with Crippen LogP contribution < -0.4 is 5.32 Å². The fourth-order valence-corrected chi connectivity index (χ4v) is 1.91. The normalized spacial score (nSPS) is 12.9. The zero-order valence-corrected chi connectivity index (χ0v) is 11.6. The predicted octanol–water partition coefficient (Wildman–Crippen LogP) is 3.08. The van der Waals surface area contributed by atoms with Crippen molar-refractivity contribution in [2.24, 2.45) is 5.41 Å². The largest absolute Gasteiger partial charge is 0.391 e. The minimum Gasteiger partial charge on any atom is -0.391 e. The van der Waals surface area contributed by atoms with E-state index < -0.39 is 6.10 Å².